The Labute approximate surface area is 188 Å². The molecular weight excluding hydrogens is 439 g/mol. The first kappa shape index (κ1) is 23.4. The summed E-state index contributed by atoms with van der Waals surface area (Å²) < 4.78 is 43.7. The van der Waals surface area contributed by atoms with E-state index in [-0.39, 0.29) is 41.8 Å². The molecule has 0 saturated heterocycles. The van der Waals surface area contributed by atoms with Gasteiger partial charge in [0.15, 0.2) is 5.78 Å². The molecule has 1 saturated carbocycles. The van der Waals surface area contributed by atoms with Crippen LogP contribution in [-0.2, 0) is 11.2 Å². The van der Waals surface area contributed by atoms with E-state index in [0.29, 0.717) is 23.4 Å². The van der Waals surface area contributed by atoms with Gasteiger partial charge in [-0.1, -0.05) is 11.2 Å². The third-order valence-corrected chi connectivity index (χ3v) is 5.96. The van der Waals surface area contributed by atoms with Crippen LogP contribution in [0.4, 0.5) is 19.2 Å². The fraction of sp³-hybridized carbons (Fsp3) is 0.545. The van der Waals surface area contributed by atoms with E-state index in [0.717, 1.165) is 24.8 Å². The number of allylic oxidation sites excluding steroid dienone is 1. The number of anilines is 1. The molecule has 11 heteroatoms. The van der Waals surface area contributed by atoms with Crippen molar-refractivity contribution in [2.45, 2.75) is 70.3 Å². The van der Waals surface area contributed by atoms with Crippen LogP contribution in [0.15, 0.2) is 16.6 Å². The van der Waals surface area contributed by atoms with Crippen molar-refractivity contribution in [3.8, 4) is 11.6 Å². The van der Waals surface area contributed by atoms with Crippen LogP contribution in [0.25, 0.3) is 17.2 Å². The number of hydrogen-bond acceptors (Lipinski definition) is 8. The summed E-state index contributed by atoms with van der Waals surface area (Å²) in [4.78, 5) is 16.8. The molecule has 0 aliphatic heterocycles. The van der Waals surface area contributed by atoms with Crippen LogP contribution in [0, 0.1) is 6.92 Å². The lowest BCUT2D eigenvalue weighted by atomic mass is 9.87. The number of nitrogens with one attached hydrogen (secondary N) is 2. The van der Waals surface area contributed by atoms with Gasteiger partial charge in [-0.25, -0.2) is 4.98 Å². The van der Waals surface area contributed by atoms with E-state index in [1.807, 2.05) is 6.92 Å². The predicted molar refractivity (Wildman–Crippen MR) is 114 cm³/mol. The van der Waals surface area contributed by atoms with Gasteiger partial charge in [-0.3, -0.25) is 4.79 Å². The summed E-state index contributed by atoms with van der Waals surface area (Å²) in [5.41, 5.74) is 2.54. The van der Waals surface area contributed by atoms with Crippen LogP contribution in [-0.4, -0.2) is 57.0 Å². The topological polar surface area (TPSA) is 113 Å². The maximum atomic E-state index is 12.6. The van der Waals surface area contributed by atoms with Crippen LogP contribution in [0.5, 0.6) is 0 Å². The zero-order valence-electron chi connectivity index (χ0n) is 18.4. The molecule has 1 unspecified atom stereocenters. The highest BCUT2D eigenvalue weighted by Crippen LogP contribution is 2.32. The molecule has 2 aliphatic rings. The number of Topliss-reactive ketones (excluding diaryl/α,β-unsaturated/α-hetero) is 1. The van der Waals surface area contributed by atoms with E-state index < -0.39 is 18.8 Å². The highest BCUT2D eigenvalue weighted by Gasteiger charge is 2.31. The number of aromatic nitrogens is 3. The number of halogens is 3. The Balaban J connectivity index is 1.58. The Bertz CT molecular complexity index is 1070. The highest BCUT2D eigenvalue weighted by atomic mass is 19.4. The number of alkyl halides is 3. The molecule has 0 bridgehead atoms. The molecule has 3 atom stereocenters. The molecular formula is C22H26F3N5O3. The number of carbonyl (C=O) groups is 1. The fourth-order valence-electron chi connectivity index (χ4n) is 4.36. The zero-order valence-corrected chi connectivity index (χ0v) is 18.4. The lowest BCUT2D eigenvalue weighted by Gasteiger charge is -2.26. The van der Waals surface area contributed by atoms with Gasteiger partial charge >= 0.3 is 12.2 Å². The molecule has 33 heavy (non-hydrogen) atoms. The standard InChI is InChI=1S/C22H26F3N5O3/c1-11-6-18(20-29-30-21(33-20)27-13-4-3-5-15(32)7-13)28-19-16(11)8-14(9-17(19)12(2)31)26-10-22(23,24)25/h6,9,13-15,26,32H,3-5,7-8,10H2,1-2H3,(H,27,30)/t13-,14?,15+/m1/s1. The zero-order chi connectivity index (χ0) is 23.8. The summed E-state index contributed by atoms with van der Waals surface area (Å²) in [6.07, 6.45) is 0.264. The van der Waals surface area contributed by atoms with E-state index in [4.69, 9.17) is 4.42 Å². The summed E-state index contributed by atoms with van der Waals surface area (Å²) in [5, 5.41) is 23.5. The smallest absolute Gasteiger partial charge is 0.401 e. The highest BCUT2D eigenvalue weighted by molar-refractivity contribution is 6.20. The molecule has 2 aliphatic carbocycles. The van der Waals surface area contributed by atoms with Gasteiger partial charge in [0.1, 0.15) is 5.69 Å². The summed E-state index contributed by atoms with van der Waals surface area (Å²) in [5.74, 6) is -0.123. The molecule has 3 N–H and O–H groups in total. The minimum absolute atomic E-state index is 0.0358. The molecule has 0 spiro atoms. The monoisotopic (exact) mass is 465 g/mol. The first-order valence-corrected chi connectivity index (χ1v) is 10.9. The number of rotatable bonds is 6. The van der Waals surface area contributed by atoms with E-state index in [2.05, 4.69) is 25.8 Å². The summed E-state index contributed by atoms with van der Waals surface area (Å²) in [6, 6.07) is 1.35. The van der Waals surface area contributed by atoms with Gasteiger partial charge in [0.25, 0.3) is 5.89 Å². The molecule has 8 nitrogen and oxygen atoms in total. The van der Waals surface area contributed by atoms with Crippen molar-refractivity contribution < 1.29 is 27.5 Å². The summed E-state index contributed by atoms with van der Waals surface area (Å²) >= 11 is 0. The maximum Gasteiger partial charge on any atom is 0.401 e. The second-order valence-electron chi connectivity index (χ2n) is 8.67. The number of carbonyl (C=O) groups excluding carboxylic acids is 1. The van der Waals surface area contributed by atoms with Crippen LogP contribution < -0.4 is 10.6 Å². The summed E-state index contributed by atoms with van der Waals surface area (Å²) in [7, 11) is 0. The van der Waals surface area contributed by atoms with Gasteiger partial charge in [-0.2, -0.15) is 13.2 Å². The second-order valence-corrected chi connectivity index (χ2v) is 8.67. The fourth-order valence-corrected chi connectivity index (χ4v) is 4.36. The molecule has 1 fully saturated rings. The van der Waals surface area contributed by atoms with Gasteiger partial charge in [0.05, 0.1) is 18.3 Å². The number of fused-ring (bicyclic) bond motifs is 1. The number of hydrogen-bond donors (Lipinski definition) is 3. The average Bonchev–Trinajstić information content (AvgIpc) is 3.19. The minimum atomic E-state index is -4.35. The molecule has 2 aromatic heterocycles. The third kappa shape index (κ3) is 5.59. The van der Waals surface area contributed by atoms with Gasteiger partial charge in [-0.15, -0.1) is 5.10 Å². The number of aryl methyl sites for hydroxylation is 1. The van der Waals surface area contributed by atoms with E-state index >= 15 is 0 Å². The van der Waals surface area contributed by atoms with Crippen molar-refractivity contribution in [1.82, 2.24) is 20.5 Å². The van der Waals surface area contributed by atoms with Gasteiger partial charge in [0.2, 0.25) is 0 Å². The molecule has 0 amide bonds. The number of aliphatic hydroxyl groups is 1. The predicted octanol–water partition coefficient (Wildman–Crippen LogP) is 3.20. The lowest BCUT2D eigenvalue weighted by Crippen LogP contribution is -2.39. The Hall–Kier alpha value is -2.79. The number of aliphatic hydroxyl groups excluding tert-OH is 1. The largest absolute Gasteiger partial charge is 0.402 e. The van der Waals surface area contributed by atoms with Crippen molar-refractivity contribution in [3.05, 3.63) is 29.0 Å². The van der Waals surface area contributed by atoms with Crippen molar-refractivity contribution >= 4 is 17.4 Å². The first-order chi connectivity index (χ1) is 15.6. The molecule has 4 rings (SSSR count). The van der Waals surface area contributed by atoms with Crippen LogP contribution >= 0.6 is 0 Å². The van der Waals surface area contributed by atoms with E-state index in [1.165, 1.54) is 13.0 Å². The number of nitrogens with zero attached hydrogens (tertiary/aromatic N) is 3. The number of ketones is 1. The lowest BCUT2D eigenvalue weighted by molar-refractivity contribution is -0.125. The van der Waals surface area contributed by atoms with Crippen molar-refractivity contribution in [2.75, 3.05) is 11.9 Å². The number of pyridine rings is 1. The maximum absolute atomic E-state index is 12.6. The minimum Gasteiger partial charge on any atom is -0.402 e. The molecule has 2 heterocycles. The molecule has 2 aromatic rings. The Morgan fingerprint density at radius 1 is 1.30 bits per heavy atom. The Morgan fingerprint density at radius 3 is 2.79 bits per heavy atom. The van der Waals surface area contributed by atoms with Crippen molar-refractivity contribution in [3.63, 3.8) is 0 Å². The van der Waals surface area contributed by atoms with Crippen LogP contribution in [0.1, 0.15) is 49.4 Å². The third-order valence-electron chi connectivity index (χ3n) is 5.96. The normalized spacial score (nSPS) is 23.1. The second kappa shape index (κ2) is 9.22. The van der Waals surface area contributed by atoms with Crippen molar-refractivity contribution in [1.29, 1.82) is 0 Å². The summed E-state index contributed by atoms with van der Waals surface area (Å²) in [6.45, 7) is 2.03. The Kier molecular flexibility index (Phi) is 6.53. The first-order valence-electron chi connectivity index (χ1n) is 10.9. The van der Waals surface area contributed by atoms with Gasteiger partial charge in [0, 0.05) is 17.7 Å². The average molecular weight is 465 g/mol. The van der Waals surface area contributed by atoms with Gasteiger partial charge < -0.3 is 20.2 Å². The SMILES string of the molecule is CC(=O)C1=CC(NCC(F)(F)F)Cc2c(C)cc(-c3nnc(N[C@@H]4CCC[C@H](O)C4)o3)nc21. The Morgan fingerprint density at radius 2 is 2.09 bits per heavy atom. The van der Waals surface area contributed by atoms with Gasteiger partial charge in [-0.05, 0) is 63.1 Å². The molecule has 0 aromatic carbocycles. The molecule has 178 valence electrons. The van der Waals surface area contributed by atoms with Crippen LogP contribution in [0.3, 0.4) is 0 Å². The van der Waals surface area contributed by atoms with E-state index in [1.54, 1.807) is 6.07 Å². The molecule has 0 radical (unpaired) electrons. The quantitative estimate of drug-likeness (QED) is 0.596. The van der Waals surface area contributed by atoms with Crippen LogP contribution in [0.2, 0.25) is 0 Å². The van der Waals surface area contributed by atoms with Crippen molar-refractivity contribution in [2.24, 2.45) is 0 Å². The van der Waals surface area contributed by atoms with E-state index in [9.17, 15) is 23.1 Å².